The van der Waals surface area contributed by atoms with Crippen LogP contribution in [0.3, 0.4) is 0 Å². The summed E-state index contributed by atoms with van der Waals surface area (Å²) in [6.07, 6.45) is 1.77. The summed E-state index contributed by atoms with van der Waals surface area (Å²) >= 11 is 3.57. The molecule has 0 saturated heterocycles. The fourth-order valence-corrected chi connectivity index (χ4v) is 2.59. The van der Waals surface area contributed by atoms with Crippen LogP contribution >= 0.6 is 15.9 Å². The summed E-state index contributed by atoms with van der Waals surface area (Å²) in [6.45, 7) is 2.09. The number of amides is 1. The number of hydrogen-bond acceptors (Lipinski definition) is 3. The zero-order valence-corrected chi connectivity index (χ0v) is 13.2. The van der Waals surface area contributed by atoms with Gasteiger partial charge in [0.15, 0.2) is 5.69 Å². The Morgan fingerprint density at radius 3 is 2.70 bits per heavy atom. The molecule has 0 fully saturated rings. The average Bonchev–Trinajstić information content (AvgIpc) is 2.95. The average molecular weight is 337 g/mol. The first kappa shape index (κ1) is 14.7. The third kappa shape index (κ3) is 2.91. The molecule has 0 aliphatic carbocycles. The van der Waals surface area contributed by atoms with Crippen molar-refractivity contribution < 1.29 is 4.79 Å². The largest absolute Gasteiger partial charge is 0.354 e. The van der Waals surface area contributed by atoms with Gasteiger partial charge in [0.25, 0.3) is 5.91 Å². The van der Waals surface area contributed by atoms with E-state index < -0.39 is 0 Å². The van der Waals surface area contributed by atoms with E-state index in [0.29, 0.717) is 5.69 Å². The molecule has 0 radical (unpaired) electrons. The molecule has 0 bridgehead atoms. The predicted octanol–water partition coefficient (Wildman–Crippen LogP) is 2.27. The van der Waals surface area contributed by atoms with Crippen molar-refractivity contribution in [3.8, 4) is 5.69 Å². The van der Waals surface area contributed by atoms with E-state index >= 15 is 0 Å². The van der Waals surface area contributed by atoms with Crippen LogP contribution in [0.2, 0.25) is 0 Å². The fraction of sp³-hybridized carbons (Fsp3) is 0.286. The molecule has 6 heteroatoms. The highest BCUT2D eigenvalue weighted by Gasteiger charge is 2.11. The summed E-state index contributed by atoms with van der Waals surface area (Å²) in [6, 6.07) is 7.97. The number of rotatable bonds is 4. The summed E-state index contributed by atoms with van der Waals surface area (Å²) in [5.74, 6) is -0.191. The van der Waals surface area contributed by atoms with Crippen molar-refractivity contribution in [1.29, 1.82) is 0 Å². The van der Waals surface area contributed by atoms with Gasteiger partial charge < -0.3 is 10.6 Å². The lowest BCUT2D eigenvalue weighted by Gasteiger charge is -2.13. The number of hydrogen-bond donors (Lipinski definition) is 2. The van der Waals surface area contributed by atoms with Gasteiger partial charge in [0.2, 0.25) is 0 Å². The number of aromatic nitrogens is 2. The Kier molecular flexibility index (Phi) is 4.57. The highest BCUT2D eigenvalue weighted by atomic mass is 79.9. The smallest absolute Gasteiger partial charge is 0.271 e. The van der Waals surface area contributed by atoms with Crippen molar-refractivity contribution in [1.82, 2.24) is 20.4 Å². The molecule has 1 heterocycles. The van der Waals surface area contributed by atoms with Crippen molar-refractivity contribution in [3.63, 3.8) is 0 Å². The molecule has 1 aromatic carbocycles. The van der Waals surface area contributed by atoms with Crippen molar-refractivity contribution in [2.75, 3.05) is 14.1 Å². The predicted molar refractivity (Wildman–Crippen MR) is 82.1 cm³/mol. The lowest BCUT2D eigenvalue weighted by Crippen LogP contribution is -2.18. The minimum Gasteiger partial charge on any atom is -0.354 e. The first-order valence-electron chi connectivity index (χ1n) is 6.31. The number of carbonyl (C=O) groups excluding carboxylic acids is 1. The molecule has 0 aliphatic heterocycles. The monoisotopic (exact) mass is 336 g/mol. The Balaban J connectivity index is 2.32. The van der Waals surface area contributed by atoms with Crippen LogP contribution < -0.4 is 10.6 Å². The molecule has 0 spiro atoms. The van der Waals surface area contributed by atoms with Gasteiger partial charge in [-0.15, -0.1) is 0 Å². The number of halogens is 1. The molecule has 2 N–H and O–H groups in total. The van der Waals surface area contributed by atoms with Crippen LogP contribution in [0.5, 0.6) is 0 Å². The third-order valence-electron chi connectivity index (χ3n) is 3.20. The molecule has 5 nitrogen and oxygen atoms in total. The molecule has 20 heavy (non-hydrogen) atoms. The topological polar surface area (TPSA) is 59.0 Å². The van der Waals surface area contributed by atoms with Gasteiger partial charge in [-0.2, -0.15) is 5.10 Å². The second-order valence-electron chi connectivity index (χ2n) is 4.44. The zero-order chi connectivity index (χ0) is 14.7. The quantitative estimate of drug-likeness (QED) is 0.900. The van der Waals surface area contributed by atoms with Crippen LogP contribution in [0, 0.1) is 0 Å². The second kappa shape index (κ2) is 6.19. The maximum Gasteiger partial charge on any atom is 0.271 e. The molecule has 106 valence electrons. The number of nitrogens with one attached hydrogen (secondary N) is 2. The molecule has 0 aliphatic rings. The van der Waals surface area contributed by atoms with Crippen LogP contribution in [0.1, 0.15) is 29.0 Å². The van der Waals surface area contributed by atoms with Crippen LogP contribution in [-0.4, -0.2) is 29.8 Å². The van der Waals surface area contributed by atoms with Crippen molar-refractivity contribution in [2.24, 2.45) is 0 Å². The van der Waals surface area contributed by atoms with E-state index in [1.807, 2.05) is 25.2 Å². The van der Waals surface area contributed by atoms with E-state index in [0.717, 1.165) is 10.2 Å². The molecule has 2 aromatic rings. The van der Waals surface area contributed by atoms with Crippen molar-refractivity contribution >= 4 is 21.8 Å². The van der Waals surface area contributed by atoms with Gasteiger partial charge in [-0.25, -0.2) is 4.68 Å². The van der Waals surface area contributed by atoms with Crippen molar-refractivity contribution in [3.05, 3.63) is 46.2 Å². The molecule has 1 aromatic heterocycles. The first-order chi connectivity index (χ1) is 9.56. The number of carbonyl (C=O) groups is 1. The Bertz CT molecular complexity index is 623. The first-order valence-corrected chi connectivity index (χ1v) is 7.11. The SMILES string of the molecule is CNC(=O)c1ccn(-c2ccc(C(C)NC)c(Br)c2)n1. The Morgan fingerprint density at radius 2 is 2.10 bits per heavy atom. The standard InChI is InChI=1S/C14H17BrN4O/c1-9(16-2)11-5-4-10(8-12(11)15)19-7-6-13(18-19)14(20)17-3/h4-9,16H,1-3H3,(H,17,20). The molecule has 1 amide bonds. The minimum atomic E-state index is -0.191. The fourth-order valence-electron chi connectivity index (χ4n) is 1.88. The Hall–Kier alpha value is -1.66. The lowest BCUT2D eigenvalue weighted by atomic mass is 10.1. The van der Waals surface area contributed by atoms with Crippen LogP contribution in [-0.2, 0) is 0 Å². The van der Waals surface area contributed by atoms with Crippen LogP contribution in [0.25, 0.3) is 5.69 Å². The normalized spacial score (nSPS) is 12.2. The van der Waals surface area contributed by atoms with E-state index in [-0.39, 0.29) is 11.9 Å². The lowest BCUT2D eigenvalue weighted by molar-refractivity contribution is 0.0957. The van der Waals surface area contributed by atoms with Gasteiger partial charge in [-0.3, -0.25) is 4.79 Å². The maximum absolute atomic E-state index is 11.5. The Morgan fingerprint density at radius 1 is 1.35 bits per heavy atom. The van der Waals surface area contributed by atoms with E-state index in [4.69, 9.17) is 0 Å². The summed E-state index contributed by atoms with van der Waals surface area (Å²) in [5.41, 5.74) is 2.48. The van der Waals surface area contributed by atoms with E-state index in [9.17, 15) is 4.79 Å². The summed E-state index contributed by atoms with van der Waals surface area (Å²) in [7, 11) is 3.51. The van der Waals surface area contributed by atoms with Gasteiger partial charge in [-0.1, -0.05) is 22.0 Å². The third-order valence-corrected chi connectivity index (χ3v) is 3.88. The summed E-state index contributed by atoms with van der Waals surface area (Å²) < 4.78 is 2.69. The molecule has 0 saturated carbocycles. The number of nitrogens with zero attached hydrogens (tertiary/aromatic N) is 2. The maximum atomic E-state index is 11.5. The molecular weight excluding hydrogens is 320 g/mol. The highest BCUT2D eigenvalue weighted by Crippen LogP contribution is 2.25. The van der Waals surface area contributed by atoms with E-state index in [1.54, 1.807) is 24.0 Å². The summed E-state index contributed by atoms with van der Waals surface area (Å²) in [4.78, 5) is 11.5. The van der Waals surface area contributed by atoms with E-state index in [1.165, 1.54) is 5.56 Å². The van der Waals surface area contributed by atoms with Gasteiger partial charge in [0, 0.05) is 23.8 Å². The molecular formula is C14H17BrN4O. The van der Waals surface area contributed by atoms with Gasteiger partial charge >= 0.3 is 0 Å². The van der Waals surface area contributed by atoms with Crippen LogP contribution in [0.15, 0.2) is 34.9 Å². The second-order valence-corrected chi connectivity index (χ2v) is 5.30. The van der Waals surface area contributed by atoms with E-state index in [2.05, 4.69) is 38.6 Å². The van der Waals surface area contributed by atoms with Gasteiger partial charge in [0.05, 0.1) is 5.69 Å². The minimum absolute atomic E-state index is 0.191. The van der Waals surface area contributed by atoms with Gasteiger partial charge in [-0.05, 0) is 37.7 Å². The Labute approximate surface area is 126 Å². The molecule has 1 unspecified atom stereocenters. The van der Waals surface area contributed by atoms with Crippen LogP contribution in [0.4, 0.5) is 0 Å². The van der Waals surface area contributed by atoms with Gasteiger partial charge in [0.1, 0.15) is 0 Å². The number of benzene rings is 1. The molecule has 1 atom stereocenters. The summed E-state index contributed by atoms with van der Waals surface area (Å²) in [5, 5.41) is 10.0. The van der Waals surface area contributed by atoms with Crippen molar-refractivity contribution in [2.45, 2.75) is 13.0 Å². The zero-order valence-electron chi connectivity index (χ0n) is 11.6. The highest BCUT2D eigenvalue weighted by molar-refractivity contribution is 9.10. The molecule has 2 rings (SSSR count).